The molecule has 4 nitrogen and oxygen atoms in total. The third-order valence-electron chi connectivity index (χ3n) is 3.09. The van der Waals surface area contributed by atoms with Crippen molar-refractivity contribution in [2.45, 2.75) is 44.9 Å². The summed E-state index contributed by atoms with van der Waals surface area (Å²) in [6.07, 6.45) is 14.7. The number of terminal acetylenes is 1. The SMILES string of the molecule is C#CCCCCCCCCNC(=O)c1ccnn1C. The van der Waals surface area contributed by atoms with E-state index in [1.807, 2.05) is 0 Å². The Morgan fingerprint density at radius 2 is 2.00 bits per heavy atom. The maximum Gasteiger partial charge on any atom is 0.269 e. The number of rotatable bonds is 9. The van der Waals surface area contributed by atoms with Crippen LogP contribution in [0.5, 0.6) is 0 Å². The van der Waals surface area contributed by atoms with Crippen LogP contribution >= 0.6 is 0 Å². The Kier molecular flexibility index (Phi) is 7.41. The molecule has 0 aliphatic carbocycles. The van der Waals surface area contributed by atoms with Crippen LogP contribution in [0.4, 0.5) is 0 Å². The van der Waals surface area contributed by atoms with Gasteiger partial charge in [-0.15, -0.1) is 12.3 Å². The highest BCUT2D eigenvalue weighted by molar-refractivity contribution is 5.92. The van der Waals surface area contributed by atoms with E-state index >= 15 is 0 Å². The first kappa shape index (κ1) is 15.3. The van der Waals surface area contributed by atoms with Gasteiger partial charge in [-0.05, 0) is 18.9 Å². The average Bonchev–Trinajstić information content (AvgIpc) is 2.83. The van der Waals surface area contributed by atoms with E-state index in [1.54, 1.807) is 24.0 Å². The van der Waals surface area contributed by atoms with Crippen LogP contribution in [0.1, 0.15) is 55.4 Å². The number of carbonyl (C=O) groups is 1. The van der Waals surface area contributed by atoms with Crippen LogP contribution in [0, 0.1) is 12.3 Å². The van der Waals surface area contributed by atoms with Crippen molar-refractivity contribution in [2.75, 3.05) is 6.54 Å². The van der Waals surface area contributed by atoms with Crippen LogP contribution in [-0.4, -0.2) is 22.2 Å². The van der Waals surface area contributed by atoms with Gasteiger partial charge in [0.05, 0.1) is 0 Å². The molecular formula is C15H23N3O. The number of nitrogens with one attached hydrogen (secondary N) is 1. The molecule has 0 unspecified atom stereocenters. The molecule has 0 aromatic carbocycles. The maximum atomic E-state index is 11.7. The molecule has 0 aliphatic heterocycles. The molecule has 1 amide bonds. The van der Waals surface area contributed by atoms with Crippen molar-refractivity contribution in [1.82, 2.24) is 15.1 Å². The van der Waals surface area contributed by atoms with E-state index < -0.39 is 0 Å². The molecule has 0 fully saturated rings. The van der Waals surface area contributed by atoms with Gasteiger partial charge < -0.3 is 5.32 Å². The van der Waals surface area contributed by atoms with Crippen molar-refractivity contribution in [1.29, 1.82) is 0 Å². The van der Waals surface area contributed by atoms with Gasteiger partial charge in [-0.2, -0.15) is 5.10 Å². The highest BCUT2D eigenvalue weighted by Gasteiger charge is 2.07. The first-order valence-corrected chi connectivity index (χ1v) is 6.95. The number of aryl methyl sites for hydroxylation is 1. The van der Waals surface area contributed by atoms with E-state index in [1.165, 1.54) is 19.3 Å². The Bertz CT molecular complexity index is 417. The third kappa shape index (κ3) is 6.10. The summed E-state index contributed by atoms with van der Waals surface area (Å²) in [4.78, 5) is 11.7. The van der Waals surface area contributed by atoms with Gasteiger partial charge in [-0.3, -0.25) is 9.48 Å². The van der Waals surface area contributed by atoms with Gasteiger partial charge in [-0.1, -0.05) is 25.7 Å². The Balaban J connectivity index is 1.98. The van der Waals surface area contributed by atoms with E-state index in [2.05, 4.69) is 16.3 Å². The Morgan fingerprint density at radius 3 is 2.63 bits per heavy atom. The number of aromatic nitrogens is 2. The van der Waals surface area contributed by atoms with Crippen LogP contribution in [0.2, 0.25) is 0 Å². The molecule has 1 aromatic heterocycles. The molecule has 0 aliphatic rings. The normalized spacial score (nSPS) is 10.1. The molecule has 0 saturated carbocycles. The summed E-state index contributed by atoms with van der Waals surface area (Å²) >= 11 is 0. The summed E-state index contributed by atoms with van der Waals surface area (Å²) in [6, 6.07) is 1.72. The molecule has 0 bridgehead atoms. The minimum Gasteiger partial charge on any atom is -0.351 e. The third-order valence-corrected chi connectivity index (χ3v) is 3.09. The summed E-state index contributed by atoms with van der Waals surface area (Å²) in [7, 11) is 1.77. The molecular weight excluding hydrogens is 238 g/mol. The van der Waals surface area contributed by atoms with Crippen LogP contribution in [0.3, 0.4) is 0 Å². The molecule has 1 N–H and O–H groups in total. The predicted octanol–water partition coefficient (Wildman–Crippen LogP) is 2.51. The number of unbranched alkanes of at least 4 members (excludes halogenated alkanes) is 6. The molecule has 104 valence electrons. The molecule has 0 spiro atoms. The Morgan fingerprint density at radius 1 is 1.32 bits per heavy atom. The second-order valence-electron chi connectivity index (χ2n) is 4.67. The first-order valence-electron chi connectivity index (χ1n) is 6.95. The van der Waals surface area contributed by atoms with Crippen LogP contribution < -0.4 is 5.32 Å². The number of amides is 1. The summed E-state index contributed by atoms with van der Waals surface area (Å²) in [6.45, 7) is 0.731. The standard InChI is InChI=1S/C15H23N3O/c1-3-4-5-6-7-8-9-10-12-16-15(19)14-11-13-17-18(14)2/h1,11,13H,4-10,12H2,2H3,(H,16,19). The molecule has 0 atom stereocenters. The van der Waals surface area contributed by atoms with Crippen molar-refractivity contribution in [3.8, 4) is 12.3 Å². The summed E-state index contributed by atoms with van der Waals surface area (Å²) in [5.74, 6) is 2.61. The molecule has 4 heteroatoms. The number of nitrogens with zero attached hydrogens (tertiary/aromatic N) is 2. The minimum absolute atomic E-state index is 0.0472. The van der Waals surface area contributed by atoms with Crippen LogP contribution in [0.25, 0.3) is 0 Å². The molecule has 1 rings (SSSR count). The second-order valence-corrected chi connectivity index (χ2v) is 4.67. The molecule has 1 aromatic rings. The van der Waals surface area contributed by atoms with Crippen molar-refractivity contribution in [2.24, 2.45) is 7.05 Å². The largest absolute Gasteiger partial charge is 0.351 e. The minimum atomic E-state index is -0.0472. The average molecular weight is 261 g/mol. The van der Waals surface area contributed by atoms with Gasteiger partial charge in [0.25, 0.3) is 5.91 Å². The zero-order chi connectivity index (χ0) is 13.9. The van der Waals surface area contributed by atoms with Gasteiger partial charge in [0.2, 0.25) is 0 Å². The second kappa shape index (κ2) is 9.21. The maximum absolute atomic E-state index is 11.7. The van der Waals surface area contributed by atoms with E-state index in [9.17, 15) is 4.79 Å². The highest BCUT2D eigenvalue weighted by Crippen LogP contribution is 2.06. The summed E-state index contributed by atoms with van der Waals surface area (Å²) in [5.41, 5.74) is 0.606. The number of carbonyl (C=O) groups excluding carboxylic acids is 1. The summed E-state index contributed by atoms with van der Waals surface area (Å²) in [5, 5.41) is 6.88. The first-order chi connectivity index (χ1) is 9.25. The van der Waals surface area contributed by atoms with Crippen molar-refractivity contribution in [3.63, 3.8) is 0 Å². The zero-order valence-corrected chi connectivity index (χ0v) is 11.7. The van der Waals surface area contributed by atoms with Crippen LogP contribution in [0.15, 0.2) is 12.3 Å². The van der Waals surface area contributed by atoms with Gasteiger partial charge in [-0.25, -0.2) is 0 Å². The highest BCUT2D eigenvalue weighted by atomic mass is 16.2. The fraction of sp³-hybridized carbons (Fsp3) is 0.600. The van der Waals surface area contributed by atoms with Crippen LogP contribution in [-0.2, 0) is 7.05 Å². The van der Waals surface area contributed by atoms with Gasteiger partial charge in [0.1, 0.15) is 5.69 Å². The lowest BCUT2D eigenvalue weighted by molar-refractivity contribution is 0.0943. The summed E-state index contributed by atoms with van der Waals surface area (Å²) < 4.78 is 1.58. The number of hydrogen-bond acceptors (Lipinski definition) is 2. The molecule has 1 heterocycles. The van der Waals surface area contributed by atoms with Gasteiger partial charge in [0.15, 0.2) is 0 Å². The Labute approximate surface area is 115 Å². The quantitative estimate of drug-likeness (QED) is 0.548. The van der Waals surface area contributed by atoms with Gasteiger partial charge >= 0.3 is 0 Å². The molecule has 0 saturated heterocycles. The fourth-order valence-corrected chi connectivity index (χ4v) is 1.95. The lowest BCUT2D eigenvalue weighted by atomic mass is 10.1. The smallest absolute Gasteiger partial charge is 0.269 e. The van der Waals surface area contributed by atoms with Crippen molar-refractivity contribution in [3.05, 3.63) is 18.0 Å². The van der Waals surface area contributed by atoms with Gasteiger partial charge in [0, 0.05) is 26.2 Å². The van der Waals surface area contributed by atoms with Crippen molar-refractivity contribution < 1.29 is 4.79 Å². The zero-order valence-electron chi connectivity index (χ0n) is 11.7. The van der Waals surface area contributed by atoms with E-state index in [0.29, 0.717) is 5.69 Å². The Hall–Kier alpha value is -1.76. The molecule has 19 heavy (non-hydrogen) atoms. The van der Waals surface area contributed by atoms with E-state index in [4.69, 9.17) is 6.42 Å². The predicted molar refractivity (Wildman–Crippen MR) is 76.7 cm³/mol. The lowest BCUT2D eigenvalue weighted by Crippen LogP contribution is -2.26. The topological polar surface area (TPSA) is 46.9 Å². The van der Waals surface area contributed by atoms with E-state index in [0.717, 1.165) is 32.2 Å². The lowest BCUT2D eigenvalue weighted by Gasteiger charge is -2.05. The number of hydrogen-bond donors (Lipinski definition) is 1. The fourth-order valence-electron chi connectivity index (χ4n) is 1.95. The monoisotopic (exact) mass is 261 g/mol. The van der Waals surface area contributed by atoms with Crippen molar-refractivity contribution >= 4 is 5.91 Å². The van der Waals surface area contributed by atoms with E-state index in [-0.39, 0.29) is 5.91 Å². The molecule has 0 radical (unpaired) electrons.